The van der Waals surface area contributed by atoms with Gasteiger partial charge in [0.2, 0.25) is 0 Å². The fourth-order valence-electron chi connectivity index (χ4n) is 2.72. The summed E-state index contributed by atoms with van der Waals surface area (Å²) in [4.78, 5) is 27.7. The second-order valence-electron chi connectivity index (χ2n) is 8.11. The van der Waals surface area contributed by atoms with E-state index in [0.717, 1.165) is 12.8 Å². The van der Waals surface area contributed by atoms with E-state index >= 15 is 0 Å². The molecule has 0 bridgehead atoms. The third-order valence-electron chi connectivity index (χ3n) is 3.55. The van der Waals surface area contributed by atoms with Gasteiger partial charge in [-0.25, -0.2) is 9.59 Å². The standard InChI is InChI=1S/C16H28N4O4/c1-14(2,3)23-12(21)11(18-13(22)24-15(4,5)6)16(19-20-17)9-7-8-10-16/h11H,7-10H2,1-6H3,(H,18,22)/t11-/m1/s1. The Morgan fingerprint density at radius 2 is 1.58 bits per heavy atom. The number of ether oxygens (including phenoxy) is 2. The van der Waals surface area contributed by atoms with Crippen LogP contribution in [-0.2, 0) is 14.3 Å². The summed E-state index contributed by atoms with van der Waals surface area (Å²) in [6.07, 6.45) is 1.91. The zero-order valence-corrected chi connectivity index (χ0v) is 15.4. The van der Waals surface area contributed by atoms with Crippen molar-refractivity contribution >= 4 is 12.1 Å². The second-order valence-corrected chi connectivity index (χ2v) is 8.11. The molecular formula is C16H28N4O4. The van der Waals surface area contributed by atoms with Gasteiger partial charge in [-0.2, -0.15) is 0 Å². The molecule has 8 nitrogen and oxygen atoms in total. The van der Waals surface area contributed by atoms with Gasteiger partial charge in [0, 0.05) is 4.91 Å². The van der Waals surface area contributed by atoms with E-state index in [2.05, 4.69) is 15.3 Å². The van der Waals surface area contributed by atoms with Gasteiger partial charge >= 0.3 is 12.1 Å². The molecule has 1 N–H and O–H groups in total. The minimum absolute atomic E-state index is 0.511. The predicted molar refractivity (Wildman–Crippen MR) is 89.3 cm³/mol. The Balaban J connectivity index is 3.09. The van der Waals surface area contributed by atoms with Crippen LogP contribution in [0.25, 0.3) is 10.4 Å². The van der Waals surface area contributed by atoms with Gasteiger partial charge in [-0.1, -0.05) is 18.0 Å². The van der Waals surface area contributed by atoms with E-state index in [1.807, 2.05) is 0 Å². The Bertz CT molecular complexity index is 521. The van der Waals surface area contributed by atoms with Gasteiger partial charge < -0.3 is 14.8 Å². The molecular weight excluding hydrogens is 312 g/mol. The van der Waals surface area contributed by atoms with Crippen LogP contribution in [0.5, 0.6) is 0 Å². The molecule has 1 fully saturated rings. The van der Waals surface area contributed by atoms with Gasteiger partial charge in [0.05, 0.1) is 5.54 Å². The molecule has 1 aliphatic rings. The molecule has 8 heteroatoms. The van der Waals surface area contributed by atoms with E-state index in [0.29, 0.717) is 12.8 Å². The van der Waals surface area contributed by atoms with E-state index in [-0.39, 0.29) is 0 Å². The molecule has 0 heterocycles. The van der Waals surface area contributed by atoms with Crippen molar-refractivity contribution < 1.29 is 19.1 Å². The fraction of sp³-hybridized carbons (Fsp3) is 0.875. The smallest absolute Gasteiger partial charge is 0.408 e. The highest BCUT2D eigenvalue weighted by Gasteiger charge is 2.47. The lowest BCUT2D eigenvalue weighted by Crippen LogP contribution is -2.57. The van der Waals surface area contributed by atoms with E-state index < -0.39 is 34.8 Å². The maximum absolute atomic E-state index is 12.7. The van der Waals surface area contributed by atoms with Gasteiger partial charge in [-0.05, 0) is 59.9 Å². The van der Waals surface area contributed by atoms with Crippen LogP contribution in [0.15, 0.2) is 5.11 Å². The highest BCUT2D eigenvalue weighted by molar-refractivity contribution is 5.83. The number of nitrogens with zero attached hydrogens (tertiary/aromatic N) is 3. The van der Waals surface area contributed by atoms with Crippen molar-refractivity contribution in [3.63, 3.8) is 0 Å². The minimum atomic E-state index is -1.08. The van der Waals surface area contributed by atoms with Crippen LogP contribution < -0.4 is 5.32 Å². The first kappa shape index (κ1) is 20.1. The summed E-state index contributed by atoms with van der Waals surface area (Å²) in [5.41, 5.74) is 6.49. The third kappa shape index (κ3) is 5.92. The Morgan fingerprint density at radius 3 is 2.00 bits per heavy atom. The molecule has 1 aliphatic carbocycles. The summed E-state index contributed by atoms with van der Waals surface area (Å²) >= 11 is 0. The summed E-state index contributed by atoms with van der Waals surface area (Å²) in [7, 11) is 0. The lowest BCUT2D eigenvalue weighted by molar-refractivity contribution is -0.159. The zero-order chi connectivity index (χ0) is 18.6. The zero-order valence-electron chi connectivity index (χ0n) is 15.4. The monoisotopic (exact) mass is 340 g/mol. The van der Waals surface area contributed by atoms with Gasteiger partial charge in [0.25, 0.3) is 0 Å². The Labute approximate surface area is 142 Å². The third-order valence-corrected chi connectivity index (χ3v) is 3.55. The van der Waals surface area contributed by atoms with Crippen LogP contribution in [0.4, 0.5) is 4.79 Å². The van der Waals surface area contributed by atoms with Crippen molar-refractivity contribution in [2.24, 2.45) is 5.11 Å². The summed E-state index contributed by atoms with van der Waals surface area (Å²) < 4.78 is 10.7. The number of carbonyl (C=O) groups is 2. The van der Waals surface area contributed by atoms with Crippen LogP contribution in [0, 0.1) is 0 Å². The molecule has 1 saturated carbocycles. The normalized spacial score (nSPS) is 18.2. The number of rotatable bonds is 4. The van der Waals surface area contributed by atoms with Gasteiger partial charge in [-0.3, -0.25) is 0 Å². The summed E-state index contributed by atoms with van der Waals surface area (Å²) in [6, 6.07) is -1.08. The van der Waals surface area contributed by atoms with Crippen molar-refractivity contribution in [2.75, 3.05) is 0 Å². The second kappa shape index (κ2) is 7.30. The molecule has 0 saturated heterocycles. The molecule has 0 aromatic rings. The largest absolute Gasteiger partial charge is 0.458 e. The first-order chi connectivity index (χ1) is 10.9. The SMILES string of the molecule is CC(C)(C)OC(=O)N[C@H](C(=O)OC(C)(C)C)C1(N=[N+]=[N-])CCCC1. The highest BCUT2D eigenvalue weighted by Crippen LogP contribution is 2.37. The predicted octanol–water partition coefficient (Wildman–Crippen LogP) is 3.84. The van der Waals surface area contributed by atoms with Crippen LogP contribution >= 0.6 is 0 Å². The number of alkyl carbamates (subject to hydrolysis) is 1. The molecule has 0 aromatic carbocycles. The summed E-state index contributed by atoms with van der Waals surface area (Å²) in [5.74, 6) is -0.623. The molecule has 0 aromatic heterocycles. The van der Waals surface area contributed by atoms with Crippen molar-refractivity contribution in [1.29, 1.82) is 0 Å². The first-order valence-corrected chi connectivity index (χ1v) is 8.17. The van der Waals surface area contributed by atoms with E-state index in [1.165, 1.54) is 0 Å². The van der Waals surface area contributed by atoms with Gasteiger partial charge in [-0.15, -0.1) is 0 Å². The molecule has 1 amide bonds. The molecule has 0 aliphatic heterocycles. The number of carbonyl (C=O) groups excluding carboxylic acids is 2. The number of amides is 1. The average Bonchev–Trinajstić information content (AvgIpc) is 2.81. The van der Waals surface area contributed by atoms with Crippen LogP contribution in [-0.4, -0.2) is 34.8 Å². The molecule has 24 heavy (non-hydrogen) atoms. The Kier molecular flexibility index (Phi) is 6.11. The quantitative estimate of drug-likeness (QED) is 0.362. The number of azide groups is 1. The Morgan fingerprint density at radius 1 is 1.08 bits per heavy atom. The minimum Gasteiger partial charge on any atom is -0.458 e. The average molecular weight is 340 g/mol. The van der Waals surface area contributed by atoms with Crippen molar-refractivity contribution in [2.45, 2.75) is 90.0 Å². The van der Waals surface area contributed by atoms with Crippen molar-refractivity contribution in [3.8, 4) is 0 Å². The van der Waals surface area contributed by atoms with Crippen molar-refractivity contribution in [1.82, 2.24) is 5.32 Å². The number of nitrogens with one attached hydrogen (secondary N) is 1. The topological polar surface area (TPSA) is 113 Å². The van der Waals surface area contributed by atoms with Gasteiger partial charge in [0.1, 0.15) is 17.2 Å². The van der Waals surface area contributed by atoms with Crippen molar-refractivity contribution in [3.05, 3.63) is 10.4 Å². The maximum atomic E-state index is 12.7. The van der Waals surface area contributed by atoms with Crippen LogP contribution in [0.1, 0.15) is 67.2 Å². The molecule has 0 unspecified atom stereocenters. The number of esters is 1. The fourth-order valence-corrected chi connectivity index (χ4v) is 2.72. The first-order valence-electron chi connectivity index (χ1n) is 8.17. The molecule has 1 atom stereocenters. The Hall–Kier alpha value is -1.95. The maximum Gasteiger partial charge on any atom is 0.408 e. The highest BCUT2D eigenvalue weighted by atomic mass is 16.6. The van der Waals surface area contributed by atoms with Gasteiger partial charge in [0.15, 0.2) is 0 Å². The number of hydrogen-bond donors (Lipinski definition) is 1. The van der Waals surface area contributed by atoms with Crippen LogP contribution in [0.3, 0.4) is 0 Å². The lowest BCUT2D eigenvalue weighted by Gasteiger charge is -2.34. The van der Waals surface area contributed by atoms with Crippen LogP contribution in [0.2, 0.25) is 0 Å². The molecule has 0 spiro atoms. The molecule has 0 radical (unpaired) electrons. The van der Waals surface area contributed by atoms with E-state index in [9.17, 15) is 9.59 Å². The lowest BCUT2D eigenvalue weighted by atomic mass is 9.89. The van der Waals surface area contributed by atoms with E-state index in [1.54, 1.807) is 41.5 Å². The molecule has 1 rings (SSSR count). The summed E-state index contributed by atoms with van der Waals surface area (Å²) in [6.45, 7) is 10.4. The van der Waals surface area contributed by atoms with E-state index in [4.69, 9.17) is 15.0 Å². The number of hydrogen-bond acceptors (Lipinski definition) is 5. The molecule has 136 valence electrons. The summed E-state index contributed by atoms with van der Waals surface area (Å²) in [5, 5.41) is 6.43.